The smallest absolute Gasteiger partial charge is 0.267 e. The summed E-state index contributed by atoms with van der Waals surface area (Å²) in [4.78, 5) is 33.6. The van der Waals surface area contributed by atoms with Crippen LogP contribution in [0, 0.1) is 0 Å². The van der Waals surface area contributed by atoms with Crippen LogP contribution in [0.3, 0.4) is 0 Å². The molecular formula is C27H27N3O5S2. The zero-order chi connectivity index (χ0) is 25.9. The number of methoxy groups -OCH3 is 3. The fourth-order valence-corrected chi connectivity index (χ4v) is 6.60. The van der Waals surface area contributed by atoms with Gasteiger partial charge in [0, 0.05) is 16.6 Å². The number of thiophene rings is 1. The van der Waals surface area contributed by atoms with E-state index in [-0.39, 0.29) is 17.2 Å². The second-order valence-corrected chi connectivity index (χ2v) is 10.6. The van der Waals surface area contributed by atoms with Gasteiger partial charge >= 0.3 is 0 Å². The SMILES string of the molecule is COc1ccc(-n2c(SCC(=O)Nc3ccc(OC)c(OC)c3)nc3sc4c(c3c2=O)CCCC4)cc1. The zero-order valence-corrected chi connectivity index (χ0v) is 22.5. The predicted octanol–water partition coefficient (Wildman–Crippen LogP) is 5.08. The van der Waals surface area contributed by atoms with E-state index >= 15 is 0 Å². The average Bonchev–Trinajstić information content (AvgIpc) is 3.30. The molecule has 1 aliphatic rings. The number of amides is 1. The van der Waals surface area contributed by atoms with E-state index in [9.17, 15) is 9.59 Å². The summed E-state index contributed by atoms with van der Waals surface area (Å²) in [7, 11) is 4.70. The van der Waals surface area contributed by atoms with Gasteiger partial charge in [-0.2, -0.15) is 0 Å². The van der Waals surface area contributed by atoms with Crippen LogP contribution in [0.2, 0.25) is 0 Å². The molecule has 0 radical (unpaired) electrons. The van der Waals surface area contributed by atoms with E-state index in [1.54, 1.807) is 55.4 Å². The lowest BCUT2D eigenvalue weighted by molar-refractivity contribution is -0.113. The molecule has 0 spiro atoms. The summed E-state index contributed by atoms with van der Waals surface area (Å²) in [6, 6.07) is 12.5. The molecule has 4 aromatic rings. The number of carbonyl (C=O) groups excluding carboxylic acids is 1. The molecule has 8 nitrogen and oxygen atoms in total. The van der Waals surface area contributed by atoms with Crippen LogP contribution in [-0.2, 0) is 17.6 Å². The van der Waals surface area contributed by atoms with E-state index in [0.717, 1.165) is 36.1 Å². The lowest BCUT2D eigenvalue weighted by Crippen LogP contribution is -2.23. The first-order valence-electron chi connectivity index (χ1n) is 11.9. The van der Waals surface area contributed by atoms with Crippen LogP contribution in [-0.4, -0.2) is 42.5 Å². The van der Waals surface area contributed by atoms with Crippen molar-refractivity contribution >= 4 is 44.9 Å². The van der Waals surface area contributed by atoms with E-state index < -0.39 is 0 Å². The zero-order valence-electron chi connectivity index (χ0n) is 20.8. The van der Waals surface area contributed by atoms with E-state index in [2.05, 4.69) is 5.32 Å². The van der Waals surface area contributed by atoms with Crippen LogP contribution in [0.25, 0.3) is 15.9 Å². The van der Waals surface area contributed by atoms with Gasteiger partial charge in [0.25, 0.3) is 5.56 Å². The Kier molecular flexibility index (Phi) is 7.38. The van der Waals surface area contributed by atoms with Crippen LogP contribution < -0.4 is 25.1 Å². The van der Waals surface area contributed by atoms with Crippen LogP contribution in [0.1, 0.15) is 23.3 Å². The Labute approximate surface area is 222 Å². The van der Waals surface area contributed by atoms with Crippen molar-refractivity contribution in [2.75, 3.05) is 32.4 Å². The lowest BCUT2D eigenvalue weighted by atomic mass is 9.97. The number of aromatic nitrogens is 2. The normalized spacial score (nSPS) is 12.7. The highest BCUT2D eigenvalue weighted by Crippen LogP contribution is 2.35. The van der Waals surface area contributed by atoms with Gasteiger partial charge in [0.05, 0.1) is 38.2 Å². The number of nitrogens with one attached hydrogen (secondary N) is 1. The molecule has 0 saturated heterocycles. The number of anilines is 1. The largest absolute Gasteiger partial charge is 0.497 e. The third-order valence-electron chi connectivity index (χ3n) is 6.29. The predicted molar refractivity (Wildman–Crippen MR) is 147 cm³/mol. The van der Waals surface area contributed by atoms with Crippen molar-refractivity contribution < 1.29 is 19.0 Å². The van der Waals surface area contributed by atoms with Crippen LogP contribution in [0.5, 0.6) is 17.2 Å². The maximum absolute atomic E-state index is 13.9. The molecule has 0 unspecified atom stereocenters. The fourth-order valence-electron chi connectivity index (χ4n) is 4.48. The molecule has 0 fully saturated rings. The van der Waals surface area contributed by atoms with Crippen molar-refractivity contribution in [1.29, 1.82) is 0 Å². The standard InChI is InChI=1S/C27H27N3O5S2/c1-33-18-11-9-17(10-12-18)30-26(32)24-19-6-4-5-7-22(19)37-25(24)29-27(30)36-15-23(31)28-16-8-13-20(34-2)21(14-16)35-3/h8-14H,4-7,15H2,1-3H3,(H,28,31). The first kappa shape index (κ1) is 25.2. The molecule has 2 aromatic carbocycles. The molecule has 0 atom stereocenters. The Morgan fingerprint density at radius 3 is 2.51 bits per heavy atom. The third kappa shape index (κ3) is 5.03. The Morgan fingerprint density at radius 1 is 1.03 bits per heavy atom. The number of ether oxygens (including phenoxy) is 3. The highest BCUT2D eigenvalue weighted by atomic mass is 32.2. The van der Waals surface area contributed by atoms with Crippen molar-refractivity contribution in [2.45, 2.75) is 30.8 Å². The second kappa shape index (κ2) is 10.9. The molecule has 37 heavy (non-hydrogen) atoms. The highest BCUT2D eigenvalue weighted by molar-refractivity contribution is 7.99. The lowest BCUT2D eigenvalue weighted by Gasteiger charge is -2.14. The molecule has 5 rings (SSSR count). The van der Waals surface area contributed by atoms with E-state index in [4.69, 9.17) is 19.2 Å². The van der Waals surface area contributed by atoms with Crippen LogP contribution >= 0.6 is 23.1 Å². The number of hydrogen-bond donors (Lipinski definition) is 1. The first-order chi connectivity index (χ1) is 18.0. The first-order valence-corrected chi connectivity index (χ1v) is 13.7. The molecule has 0 bridgehead atoms. The Bertz CT molecular complexity index is 1510. The summed E-state index contributed by atoms with van der Waals surface area (Å²) in [5.74, 6) is 1.65. The summed E-state index contributed by atoms with van der Waals surface area (Å²) >= 11 is 2.83. The number of carbonyl (C=O) groups is 1. The van der Waals surface area contributed by atoms with Gasteiger partial charge in [-0.3, -0.25) is 14.2 Å². The number of rotatable bonds is 8. The monoisotopic (exact) mass is 537 g/mol. The van der Waals surface area contributed by atoms with Gasteiger partial charge in [-0.25, -0.2) is 4.98 Å². The summed E-state index contributed by atoms with van der Waals surface area (Å²) < 4.78 is 17.5. The maximum Gasteiger partial charge on any atom is 0.267 e. The molecule has 0 aliphatic heterocycles. The molecule has 2 aromatic heterocycles. The summed E-state index contributed by atoms with van der Waals surface area (Å²) in [5, 5.41) is 4.06. The molecule has 1 N–H and O–H groups in total. The van der Waals surface area contributed by atoms with Crippen LogP contribution in [0.4, 0.5) is 5.69 Å². The van der Waals surface area contributed by atoms with Gasteiger partial charge in [-0.05, 0) is 67.6 Å². The van der Waals surface area contributed by atoms with E-state index in [1.807, 2.05) is 24.3 Å². The molecule has 192 valence electrons. The third-order valence-corrected chi connectivity index (χ3v) is 8.41. The summed E-state index contributed by atoms with van der Waals surface area (Å²) in [6.07, 6.45) is 4.08. The molecule has 2 heterocycles. The Balaban J connectivity index is 1.47. The number of fused-ring (bicyclic) bond motifs is 3. The number of nitrogens with zero attached hydrogens (tertiary/aromatic N) is 2. The highest BCUT2D eigenvalue weighted by Gasteiger charge is 2.23. The van der Waals surface area contributed by atoms with Crippen molar-refractivity contribution in [3.05, 3.63) is 63.3 Å². The molecule has 0 saturated carbocycles. The van der Waals surface area contributed by atoms with Gasteiger partial charge in [0.15, 0.2) is 16.7 Å². The van der Waals surface area contributed by atoms with Gasteiger partial charge < -0.3 is 19.5 Å². The number of thioether (sulfide) groups is 1. The summed E-state index contributed by atoms with van der Waals surface area (Å²) in [5.41, 5.74) is 2.30. The van der Waals surface area contributed by atoms with Gasteiger partial charge in [-0.15, -0.1) is 11.3 Å². The number of benzene rings is 2. The fraction of sp³-hybridized carbons (Fsp3) is 0.296. The number of hydrogen-bond acceptors (Lipinski definition) is 8. The van der Waals surface area contributed by atoms with Crippen molar-refractivity contribution in [3.63, 3.8) is 0 Å². The van der Waals surface area contributed by atoms with Crippen molar-refractivity contribution in [3.8, 4) is 22.9 Å². The minimum absolute atomic E-state index is 0.0769. The van der Waals surface area contributed by atoms with Crippen molar-refractivity contribution in [2.24, 2.45) is 0 Å². The Hall–Kier alpha value is -3.50. The quantitative estimate of drug-likeness (QED) is 0.247. The maximum atomic E-state index is 13.9. The molecular weight excluding hydrogens is 510 g/mol. The van der Waals surface area contributed by atoms with Gasteiger partial charge in [0.2, 0.25) is 5.91 Å². The number of aryl methyl sites for hydroxylation is 2. The molecule has 1 aliphatic carbocycles. The second-order valence-electron chi connectivity index (χ2n) is 8.53. The summed E-state index contributed by atoms with van der Waals surface area (Å²) in [6.45, 7) is 0. The van der Waals surface area contributed by atoms with Crippen molar-refractivity contribution in [1.82, 2.24) is 9.55 Å². The Morgan fingerprint density at radius 2 is 1.78 bits per heavy atom. The van der Waals surface area contributed by atoms with Gasteiger partial charge in [-0.1, -0.05) is 11.8 Å². The van der Waals surface area contributed by atoms with E-state index in [1.165, 1.54) is 16.6 Å². The minimum Gasteiger partial charge on any atom is -0.497 e. The average molecular weight is 538 g/mol. The molecule has 10 heteroatoms. The topological polar surface area (TPSA) is 91.7 Å². The molecule has 1 amide bonds. The van der Waals surface area contributed by atoms with Gasteiger partial charge in [0.1, 0.15) is 10.6 Å². The van der Waals surface area contributed by atoms with E-state index in [0.29, 0.717) is 39.2 Å². The minimum atomic E-state index is -0.224. The van der Waals surface area contributed by atoms with Crippen LogP contribution in [0.15, 0.2) is 52.4 Å².